The monoisotopic (exact) mass is 299 g/mol. The smallest absolute Gasteiger partial charge is 0.337 e. The zero-order chi connectivity index (χ0) is 13.8. The van der Waals surface area contributed by atoms with Crippen LogP contribution in [0.2, 0.25) is 0 Å². The lowest BCUT2D eigenvalue weighted by Gasteiger charge is -2.35. The van der Waals surface area contributed by atoms with Crippen molar-refractivity contribution < 1.29 is 14.3 Å². The molecule has 0 aliphatic carbocycles. The second-order valence-electron chi connectivity index (χ2n) is 5.14. The molecule has 0 unspecified atom stereocenters. The first-order valence-corrected chi connectivity index (χ1v) is 6.63. The molecule has 4 nitrogen and oxygen atoms in total. The largest absolute Gasteiger partial charge is 0.465 e. The molecule has 0 radical (unpaired) electrons. The molecule has 1 saturated heterocycles. The van der Waals surface area contributed by atoms with Gasteiger partial charge in [0.1, 0.15) is 0 Å². The van der Waals surface area contributed by atoms with Crippen LogP contribution in [0.4, 0.5) is 0 Å². The van der Waals surface area contributed by atoms with Crippen molar-refractivity contribution in [3.8, 4) is 0 Å². The van der Waals surface area contributed by atoms with Crippen LogP contribution in [0.5, 0.6) is 0 Å². The van der Waals surface area contributed by atoms with Crippen LogP contribution in [0.3, 0.4) is 0 Å². The van der Waals surface area contributed by atoms with E-state index >= 15 is 0 Å². The Morgan fingerprint density at radius 3 is 2.30 bits per heavy atom. The molecule has 5 heteroatoms. The van der Waals surface area contributed by atoms with Crippen LogP contribution >= 0.6 is 12.4 Å². The van der Waals surface area contributed by atoms with Gasteiger partial charge in [-0.1, -0.05) is 12.1 Å². The summed E-state index contributed by atoms with van der Waals surface area (Å²) in [5, 5.41) is 0. The minimum atomic E-state index is -0.292. The number of carbonyl (C=O) groups excluding carboxylic acids is 1. The molecule has 0 saturated carbocycles. The Kier molecular flexibility index (Phi) is 6.46. The predicted octanol–water partition coefficient (Wildman–Crippen LogP) is 2.50. The van der Waals surface area contributed by atoms with Gasteiger partial charge in [-0.15, -0.1) is 12.4 Å². The average molecular weight is 300 g/mol. The van der Waals surface area contributed by atoms with Gasteiger partial charge >= 0.3 is 5.97 Å². The molecule has 0 spiro atoms. The molecular formula is C15H22ClNO3. The lowest BCUT2D eigenvalue weighted by atomic mass is 10.1. The Morgan fingerprint density at radius 2 is 1.80 bits per heavy atom. The fourth-order valence-corrected chi connectivity index (χ4v) is 2.54. The van der Waals surface area contributed by atoms with Crippen LogP contribution in [0.25, 0.3) is 0 Å². The second-order valence-corrected chi connectivity index (χ2v) is 5.14. The van der Waals surface area contributed by atoms with Crippen molar-refractivity contribution in [3.05, 3.63) is 35.4 Å². The number of esters is 1. The molecular weight excluding hydrogens is 278 g/mol. The number of morpholine rings is 1. The maximum Gasteiger partial charge on any atom is 0.337 e. The Bertz CT molecular complexity index is 425. The number of rotatable bonds is 3. The van der Waals surface area contributed by atoms with Gasteiger partial charge in [0.05, 0.1) is 24.9 Å². The van der Waals surface area contributed by atoms with Crippen LogP contribution in [0.15, 0.2) is 24.3 Å². The first kappa shape index (κ1) is 17.0. The van der Waals surface area contributed by atoms with E-state index in [4.69, 9.17) is 4.74 Å². The van der Waals surface area contributed by atoms with E-state index in [0.717, 1.165) is 19.6 Å². The van der Waals surface area contributed by atoms with E-state index in [1.165, 1.54) is 12.7 Å². The van der Waals surface area contributed by atoms with Gasteiger partial charge < -0.3 is 9.47 Å². The van der Waals surface area contributed by atoms with Gasteiger partial charge in [-0.25, -0.2) is 4.79 Å². The quantitative estimate of drug-likeness (QED) is 0.804. The summed E-state index contributed by atoms with van der Waals surface area (Å²) in [6.07, 6.45) is 0.552. The third-order valence-corrected chi connectivity index (χ3v) is 3.28. The zero-order valence-corrected chi connectivity index (χ0v) is 13.0. The Hall–Kier alpha value is -1.10. The third-order valence-electron chi connectivity index (χ3n) is 3.28. The molecule has 0 aromatic heterocycles. The number of benzene rings is 1. The van der Waals surface area contributed by atoms with Crippen molar-refractivity contribution in [2.45, 2.75) is 32.6 Å². The number of halogens is 1. The summed E-state index contributed by atoms with van der Waals surface area (Å²) in [5.41, 5.74) is 1.80. The highest BCUT2D eigenvalue weighted by atomic mass is 35.5. The number of hydrogen-bond acceptors (Lipinski definition) is 4. The lowest BCUT2D eigenvalue weighted by molar-refractivity contribution is -0.0704. The number of hydrogen-bond donors (Lipinski definition) is 0. The van der Waals surface area contributed by atoms with Crippen molar-refractivity contribution in [3.63, 3.8) is 0 Å². The Labute approximate surface area is 126 Å². The van der Waals surface area contributed by atoms with E-state index in [1.807, 2.05) is 24.3 Å². The van der Waals surface area contributed by atoms with Crippen molar-refractivity contribution >= 4 is 18.4 Å². The summed E-state index contributed by atoms with van der Waals surface area (Å²) < 4.78 is 10.4. The number of carbonyl (C=O) groups is 1. The van der Waals surface area contributed by atoms with Gasteiger partial charge in [0.25, 0.3) is 0 Å². The van der Waals surface area contributed by atoms with Crippen LogP contribution in [-0.2, 0) is 16.0 Å². The third kappa shape index (κ3) is 4.47. The van der Waals surface area contributed by atoms with Crippen molar-refractivity contribution in [1.29, 1.82) is 0 Å². The zero-order valence-electron chi connectivity index (χ0n) is 12.2. The summed E-state index contributed by atoms with van der Waals surface area (Å²) in [5.74, 6) is -0.292. The fourth-order valence-electron chi connectivity index (χ4n) is 2.54. The molecule has 1 heterocycles. The second kappa shape index (κ2) is 7.62. The topological polar surface area (TPSA) is 38.8 Å². The van der Waals surface area contributed by atoms with E-state index in [1.54, 1.807) is 0 Å². The van der Waals surface area contributed by atoms with Crippen molar-refractivity contribution in [2.75, 3.05) is 20.2 Å². The summed E-state index contributed by atoms with van der Waals surface area (Å²) >= 11 is 0. The van der Waals surface area contributed by atoms with Gasteiger partial charge in [-0.05, 0) is 31.5 Å². The molecule has 1 aliphatic rings. The normalized spacial score (nSPS) is 22.9. The Balaban J connectivity index is 0.00000200. The highest BCUT2D eigenvalue weighted by Crippen LogP contribution is 2.15. The molecule has 1 fully saturated rings. The van der Waals surface area contributed by atoms with Gasteiger partial charge in [-0.2, -0.15) is 0 Å². The number of ether oxygens (including phenoxy) is 2. The van der Waals surface area contributed by atoms with E-state index in [0.29, 0.717) is 5.56 Å². The minimum absolute atomic E-state index is 0. The Morgan fingerprint density at radius 1 is 1.25 bits per heavy atom. The molecule has 2 atom stereocenters. The molecule has 1 aliphatic heterocycles. The summed E-state index contributed by atoms with van der Waals surface area (Å²) in [6.45, 7) is 6.98. The lowest BCUT2D eigenvalue weighted by Crippen LogP contribution is -2.44. The van der Waals surface area contributed by atoms with E-state index < -0.39 is 0 Å². The van der Waals surface area contributed by atoms with Crippen LogP contribution in [0, 0.1) is 0 Å². The van der Waals surface area contributed by atoms with Gasteiger partial charge in [0.15, 0.2) is 0 Å². The summed E-state index contributed by atoms with van der Waals surface area (Å²) in [6, 6.07) is 7.59. The highest BCUT2D eigenvalue weighted by molar-refractivity contribution is 5.89. The standard InChI is InChI=1S/C15H21NO3.ClH/c1-11-8-16(9-12(2)19-11)10-13-4-6-14(7-5-13)15(17)18-3;/h4-7,11-12H,8-10H2,1-3H3;1H/t11-,12+;. The van der Waals surface area contributed by atoms with Crippen molar-refractivity contribution in [1.82, 2.24) is 4.90 Å². The molecule has 1 aromatic rings. The van der Waals surface area contributed by atoms with E-state index in [2.05, 4.69) is 23.5 Å². The number of nitrogens with zero attached hydrogens (tertiary/aromatic N) is 1. The average Bonchev–Trinajstić information content (AvgIpc) is 2.37. The molecule has 0 amide bonds. The fraction of sp³-hybridized carbons (Fsp3) is 0.533. The summed E-state index contributed by atoms with van der Waals surface area (Å²) in [4.78, 5) is 13.7. The molecule has 20 heavy (non-hydrogen) atoms. The van der Waals surface area contributed by atoms with Crippen LogP contribution < -0.4 is 0 Å². The molecule has 2 rings (SSSR count). The maximum atomic E-state index is 11.4. The first-order chi connectivity index (χ1) is 9.08. The maximum absolute atomic E-state index is 11.4. The van der Waals surface area contributed by atoms with E-state index in [9.17, 15) is 4.79 Å². The van der Waals surface area contributed by atoms with Gasteiger partial charge in [0, 0.05) is 19.6 Å². The van der Waals surface area contributed by atoms with E-state index in [-0.39, 0.29) is 30.6 Å². The predicted molar refractivity (Wildman–Crippen MR) is 80.3 cm³/mol. The first-order valence-electron chi connectivity index (χ1n) is 6.63. The molecule has 0 N–H and O–H groups in total. The minimum Gasteiger partial charge on any atom is -0.465 e. The molecule has 1 aromatic carbocycles. The molecule has 112 valence electrons. The van der Waals surface area contributed by atoms with Gasteiger partial charge in [-0.3, -0.25) is 4.90 Å². The molecule has 0 bridgehead atoms. The highest BCUT2D eigenvalue weighted by Gasteiger charge is 2.21. The van der Waals surface area contributed by atoms with Crippen LogP contribution in [-0.4, -0.2) is 43.3 Å². The SMILES string of the molecule is COC(=O)c1ccc(CN2C[C@@H](C)O[C@@H](C)C2)cc1.Cl. The summed E-state index contributed by atoms with van der Waals surface area (Å²) in [7, 11) is 1.40. The number of methoxy groups -OCH3 is 1. The van der Waals surface area contributed by atoms with Crippen molar-refractivity contribution in [2.24, 2.45) is 0 Å². The van der Waals surface area contributed by atoms with Gasteiger partial charge in [0.2, 0.25) is 0 Å². The van der Waals surface area contributed by atoms with Crippen LogP contribution in [0.1, 0.15) is 29.8 Å².